The summed E-state index contributed by atoms with van der Waals surface area (Å²) < 4.78 is 13.8. The van der Waals surface area contributed by atoms with Gasteiger partial charge in [-0.15, -0.1) is 0 Å². The molecule has 2 heterocycles. The van der Waals surface area contributed by atoms with E-state index in [2.05, 4.69) is 25.6 Å². The van der Waals surface area contributed by atoms with Gasteiger partial charge < -0.3 is 10.6 Å². The van der Waals surface area contributed by atoms with Gasteiger partial charge in [0.1, 0.15) is 11.6 Å². The summed E-state index contributed by atoms with van der Waals surface area (Å²) in [4.78, 5) is 13.3. The summed E-state index contributed by atoms with van der Waals surface area (Å²) in [6, 6.07) is 11.1. The second-order valence-corrected chi connectivity index (χ2v) is 6.16. The quantitative estimate of drug-likeness (QED) is 0.728. The standard InChI is InChI=1S/C19H18FN5/c1-12-15(20)5-2-6-16(12)23-18-10-17(13-4-3-9-21-11-13)24-19(25-18)22-14-7-8-14/h2-6,9-11,14H,7-8H2,1H3,(H2,22,23,24,25). The highest BCUT2D eigenvalue weighted by molar-refractivity contribution is 5.68. The van der Waals surface area contributed by atoms with Crippen LogP contribution in [0, 0.1) is 12.7 Å². The van der Waals surface area contributed by atoms with E-state index in [9.17, 15) is 4.39 Å². The molecule has 1 saturated carbocycles. The number of nitrogens with zero attached hydrogens (tertiary/aromatic N) is 3. The van der Waals surface area contributed by atoms with Gasteiger partial charge in [-0.25, -0.2) is 9.37 Å². The molecule has 0 atom stereocenters. The minimum absolute atomic E-state index is 0.247. The van der Waals surface area contributed by atoms with Crippen molar-refractivity contribution in [3.8, 4) is 11.3 Å². The van der Waals surface area contributed by atoms with Gasteiger partial charge in [-0.1, -0.05) is 6.07 Å². The molecule has 0 spiro atoms. The molecule has 0 saturated heterocycles. The van der Waals surface area contributed by atoms with Crippen LogP contribution < -0.4 is 10.6 Å². The number of rotatable bonds is 5. The van der Waals surface area contributed by atoms with Crippen LogP contribution in [0.3, 0.4) is 0 Å². The van der Waals surface area contributed by atoms with Crippen LogP contribution in [0.1, 0.15) is 18.4 Å². The van der Waals surface area contributed by atoms with Gasteiger partial charge in [-0.05, 0) is 44.0 Å². The maximum absolute atomic E-state index is 13.8. The molecule has 0 aliphatic heterocycles. The molecule has 1 aliphatic carbocycles. The Labute approximate surface area is 145 Å². The van der Waals surface area contributed by atoms with Crippen molar-refractivity contribution in [3.05, 3.63) is 60.2 Å². The molecule has 0 radical (unpaired) electrons. The molecule has 1 fully saturated rings. The van der Waals surface area contributed by atoms with Gasteiger partial charge in [0.15, 0.2) is 0 Å². The van der Waals surface area contributed by atoms with Gasteiger partial charge in [0.2, 0.25) is 5.95 Å². The lowest BCUT2D eigenvalue weighted by Gasteiger charge is -2.13. The largest absolute Gasteiger partial charge is 0.351 e. The lowest BCUT2D eigenvalue weighted by atomic mass is 10.2. The maximum Gasteiger partial charge on any atom is 0.225 e. The SMILES string of the molecule is Cc1c(F)cccc1Nc1cc(-c2cccnc2)nc(NC2CC2)n1. The van der Waals surface area contributed by atoms with Crippen LogP contribution in [0.5, 0.6) is 0 Å². The van der Waals surface area contributed by atoms with Crippen LogP contribution in [0.15, 0.2) is 48.8 Å². The summed E-state index contributed by atoms with van der Waals surface area (Å²) >= 11 is 0. The van der Waals surface area contributed by atoms with E-state index in [1.54, 1.807) is 25.4 Å². The van der Waals surface area contributed by atoms with E-state index >= 15 is 0 Å². The molecule has 2 aromatic heterocycles. The molecule has 0 unspecified atom stereocenters. The van der Waals surface area contributed by atoms with Crippen molar-refractivity contribution in [2.45, 2.75) is 25.8 Å². The highest BCUT2D eigenvalue weighted by Gasteiger charge is 2.22. The number of hydrogen-bond donors (Lipinski definition) is 2. The predicted octanol–water partition coefficient (Wildman–Crippen LogP) is 4.30. The third-order valence-electron chi connectivity index (χ3n) is 4.12. The van der Waals surface area contributed by atoms with Crippen LogP contribution in [0.25, 0.3) is 11.3 Å². The Kier molecular flexibility index (Phi) is 4.01. The summed E-state index contributed by atoms with van der Waals surface area (Å²) in [6.45, 7) is 1.74. The molecule has 6 heteroatoms. The van der Waals surface area contributed by atoms with Gasteiger partial charge in [0.05, 0.1) is 5.69 Å². The van der Waals surface area contributed by atoms with Crippen molar-refractivity contribution in [2.75, 3.05) is 10.6 Å². The highest BCUT2D eigenvalue weighted by Crippen LogP contribution is 2.28. The van der Waals surface area contributed by atoms with Gasteiger partial charge in [0, 0.05) is 41.3 Å². The van der Waals surface area contributed by atoms with Gasteiger partial charge in [0.25, 0.3) is 0 Å². The molecule has 1 aromatic carbocycles. The summed E-state index contributed by atoms with van der Waals surface area (Å²) in [6.07, 6.45) is 5.75. The van der Waals surface area contributed by atoms with E-state index in [4.69, 9.17) is 0 Å². The van der Waals surface area contributed by atoms with Crippen LogP contribution in [0.2, 0.25) is 0 Å². The Hall–Kier alpha value is -3.02. The summed E-state index contributed by atoms with van der Waals surface area (Å²) in [5.41, 5.74) is 2.92. The smallest absolute Gasteiger partial charge is 0.225 e. The van der Waals surface area contributed by atoms with E-state index < -0.39 is 0 Å². The Balaban J connectivity index is 1.71. The van der Waals surface area contributed by atoms with E-state index in [0.29, 0.717) is 29.1 Å². The van der Waals surface area contributed by atoms with Crippen molar-refractivity contribution in [1.82, 2.24) is 15.0 Å². The summed E-state index contributed by atoms with van der Waals surface area (Å²) in [7, 11) is 0. The number of hydrogen-bond acceptors (Lipinski definition) is 5. The normalized spacial score (nSPS) is 13.5. The number of halogens is 1. The predicted molar refractivity (Wildman–Crippen MR) is 96.3 cm³/mol. The average Bonchev–Trinajstić information content (AvgIpc) is 3.43. The molecular weight excluding hydrogens is 317 g/mol. The zero-order chi connectivity index (χ0) is 17.2. The van der Waals surface area contributed by atoms with Crippen molar-refractivity contribution in [1.29, 1.82) is 0 Å². The Morgan fingerprint density at radius 2 is 2.00 bits per heavy atom. The van der Waals surface area contributed by atoms with E-state index in [1.165, 1.54) is 6.07 Å². The third-order valence-corrected chi connectivity index (χ3v) is 4.12. The molecule has 25 heavy (non-hydrogen) atoms. The molecule has 4 rings (SSSR count). The number of nitrogens with one attached hydrogen (secondary N) is 2. The first kappa shape index (κ1) is 15.5. The topological polar surface area (TPSA) is 62.7 Å². The molecule has 0 bridgehead atoms. The lowest BCUT2D eigenvalue weighted by molar-refractivity contribution is 0.619. The first-order valence-electron chi connectivity index (χ1n) is 8.27. The minimum Gasteiger partial charge on any atom is -0.351 e. The number of aromatic nitrogens is 3. The molecule has 0 amide bonds. The summed E-state index contributed by atoms with van der Waals surface area (Å²) in [5, 5.41) is 6.53. The van der Waals surface area contributed by atoms with E-state index in [-0.39, 0.29) is 5.82 Å². The van der Waals surface area contributed by atoms with Crippen LogP contribution in [0.4, 0.5) is 21.8 Å². The molecule has 3 aromatic rings. The Morgan fingerprint density at radius 1 is 1.12 bits per heavy atom. The minimum atomic E-state index is -0.247. The van der Waals surface area contributed by atoms with Gasteiger partial charge in [-0.2, -0.15) is 4.98 Å². The van der Waals surface area contributed by atoms with Crippen LogP contribution in [-0.2, 0) is 0 Å². The van der Waals surface area contributed by atoms with Crippen LogP contribution in [-0.4, -0.2) is 21.0 Å². The van der Waals surface area contributed by atoms with Gasteiger partial charge in [-0.3, -0.25) is 4.98 Å². The lowest BCUT2D eigenvalue weighted by Crippen LogP contribution is -2.08. The van der Waals surface area contributed by atoms with Crippen molar-refractivity contribution in [2.24, 2.45) is 0 Å². The molecule has 1 aliphatic rings. The summed E-state index contributed by atoms with van der Waals surface area (Å²) in [5.74, 6) is 0.939. The molecule has 126 valence electrons. The Morgan fingerprint density at radius 3 is 2.76 bits per heavy atom. The monoisotopic (exact) mass is 335 g/mol. The highest BCUT2D eigenvalue weighted by atomic mass is 19.1. The van der Waals surface area contributed by atoms with Crippen molar-refractivity contribution in [3.63, 3.8) is 0 Å². The number of anilines is 3. The number of benzene rings is 1. The van der Waals surface area contributed by atoms with Gasteiger partial charge >= 0.3 is 0 Å². The number of pyridine rings is 1. The maximum atomic E-state index is 13.8. The van der Waals surface area contributed by atoms with E-state index in [0.717, 1.165) is 24.1 Å². The second kappa shape index (κ2) is 6.47. The third kappa shape index (κ3) is 3.57. The van der Waals surface area contributed by atoms with E-state index in [1.807, 2.05) is 24.3 Å². The van der Waals surface area contributed by atoms with Crippen LogP contribution >= 0.6 is 0 Å². The van der Waals surface area contributed by atoms with Crippen molar-refractivity contribution < 1.29 is 4.39 Å². The fourth-order valence-corrected chi connectivity index (χ4v) is 2.53. The Bertz CT molecular complexity index is 894. The molecule has 5 nitrogen and oxygen atoms in total. The second-order valence-electron chi connectivity index (χ2n) is 6.16. The fourth-order valence-electron chi connectivity index (χ4n) is 2.53. The zero-order valence-electron chi connectivity index (χ0n) is 13.8. The first-order chi connectivity index (χ1) is 12.2. The molecular formula is C19H18FN5. The average molecular weight is 335 g/mol. The first-order valence-corrected chi connectivity index (χ1v) is 8.27. The van der Waals surface area contributed by atoms with Crippen molar-refractivity contribution >= 4 is 17.5 Å². The zero-order valence-corrected chi connectivity index (χ0v) is 13.8. The molecule has 2 N–H and O–H groups in total. The fraction of sp³-hybridized carbons (Fsp3) is 0.211.